The summed E-state index contributed by atoms with van der Waals surface area (Å²) in [6, 6.07) is 16.2. The second kappa shape index (κ2) is 9.28. The molecule has 2 aromatic carbocycles. The van der Waals surface area contributed by atoms with E-state index in [1.807, 2.05) is 31.2 Å². The molecule has 0 unspecified atom stereocenters. The number of benzene rings is 2. The molecule has 5 nitrogen and oxygen atoms in total. The Morgan fingerprint density at radius 2 is 1.85 bits per heavy atom. The zero-order chi connectivity index (χ0) is 19.1. The maximum atomic E-state index is 12.1. The van der Waals surface area contributed by atoms with E-state index in [0.29, 0.717) is 31.0 Å². The van der Waals surface area contributed by atoms with Crippen LogP contribution in [0.3, 0.4) is 0 Å². The Morgan fingerprint density at radius 1 is 1.04 bits per heavy atom. The lowest BCUT2D eigenvalue weighted by Crippen LogP contribution is -2.12. The summed E-state index contributed by atoms with van der Waals surface area (Å²) < 4.78 is 5.73. The van der Waals surface area contributed by atoms with E-state index in [-0.39, 0.29) is 5.91 Å². The van der Waals surface area contributed by atoms with Crippen LogP contribution < -0.4 is 10.1 Å². The van der Waals surface area contributed by atoms with Crippen molar-refractivity contribution in [2.75, 3.05) is 11.9 Å². The highest BCUT2D eigenvalue weighted by molar-refractivity contribution is 7.15. The highest BCUT2D eigenvalue weighted by Crippen LogP contribution is 2.18. The Morgan fingerprint density at radius 3 is 2.63 bits per heavy atom. The third-order valence-electron chi connectivity index (χ3n) is 4.05. The van der Waals surface area contributed by atoms with Crippen LogP contribution in [-0.4, -0.2) is 22.7 Å². The third kappa shape index (κ3) is 6.18. The van der Waals surface area contributed by atoms with Crippen LogP contribution in [0.1, 0.15) is 28.1 Å². The Kier molecular flexibility index (Phi) is 6.54. The zero-order valence-electron chi connectivity index (χ0n) is 15.6. The fourth-order valence-corrected chi connectivity index (χ4v) is 3.30. The van der Waals surface area contributed by atoms with Gasteiger partial charge in [0.1, 0.15) is 10.8 Å². The molecule has 0 saturated heterocycles. The molecule has 0 aliphatic carbocycles. The van der Waals surface area contributed by atoms with Crippen molar-refractivity contribution in [1.82, 2.24) is 10.2 Å². The normalized spacial score (nSPS) is 10.6. The lowest BCUT2D eigenvalue weighted by molar-refractivity contribution is -0.116. The van der Waals surface area contributed by atoms with Gasteiger partial charge in [0.25, 0.3) is 0 Å². The molecule has 1 aromatic heterocycles. The molecule has 0 radical (unpaired) electrons. The van der Waals surface area contributed by atoms with Gasteiger partial charge in [-0.15, -0.1) is 10.2 Å². The summed E-state index contributed by atoms with van der Waals surface area (Å²) in [5, 5.41) is 12.4. The summed E-state index contributed by atoms with van der Waals surface area (Å²) in [6.45, 7) is 4.61. The van der Waals surface area contributed by atoms with E-state index >= 15 is 0 Å². The van der Waals surface area contributed by atoms with Crippen molar-refractivity contribution in [3.8, 4) is 5.75 Å². The molecule has 0 aliphatic heterocycles. The number of carbonyl (C=O) groups excluding carboxylic acids is 1. The number of aryl methyl sites for hydroxylation is 3. The predicted octanol–water partition coefficient (Wildman–Crippen LogP) is 4.35. The number of hydrogen-bond acceptors (Lipinski definition) is 5. The number of aromatic nitrogens is 2. The first-order chi connectivity index (χ1) is 13.1. The van der Waals surface area contributed by atoms with E-state index in [4.69, 9.17) is 4.74 Å². The molecule has 3 aromatic rings. The maximum Gasteiger partial charge on any atom is 0.226 e. The highest BCUT2D eigenvalue weighted by Gasteiger charge is 2.09. The number of rotatable bonds is 8. The molecule has 0 atom stereocenters. The van der Waals surface area contributed by atoms with Gasteiger partial charge in [0.15, 0.2) is 0 Å². The molecule has 0 saturated carbocycles. The van der Waals surface area contributed by atoms with Gasteiger partial charge in [0.2, 0.25) is 11.0 Å². The number of nitrogens with one attached hydrogen (secondary N) is 1. The minimum absolute atomic E-state index is 0.0470. The summed E-state index contributed by atoms with van der Waals surface area (Å²) in [7, 11) is 0. The zero-order valence-corrected chi connectivity index (χ0v) is 16.4. The van der Waals surface area contributed by atoms with Crippen molar-refractivity contribution < 1.29 is 9.53 Å². The SMILES string of the molecule is Cc1ccc(CCC(=O)Nc2nnc(CCOc3cccc(C)c3)s2)cc1. The van der Waals surface area contributed by atoms with Crippen molar-refractivity contribution in [1.29, 1.82) is 0 Å². The van der Waals surface area contributed by atoms with Crippen molar-refractivity contribution in [3.05, 3.63) is 70.2 Å². The molecule has 140 valence electrons. The van der Waals surface area contributed by atoms with Crippen molar-refractivity contribution >= 4 is 22.4 Å². The number of anilines is 1. The molecule has 0 spiro atoms. The van der Waals surface area contributed by atoms with Crippen molar-refractivity contribution in [2.24, 2.45) is 0 Å². The largest absolute Gasteiger partial charge is 0.493 e. The van der Waals surface area contributed by atoms with Gasteiger partial charge >= 0.3 is 0 Å². The monoisotopic (exact) mass is 381 g/mol. The molecule has 1 heterocycles. The Balaban J connectivity index is 1.41. The highest BCUT2D eigenvalue weighted by atomic mass is 32.1. The standard InChI is InChI=1S/C21H23N3O2S/c1-15-6-8-17(9-7-15)10-11-19(25)22-21-24-23-20(27-21)12-13-26-18-5-3-4-16(2)14-18/h3-9,14H,10-13H2,1-2H3,(H,22,24,25). The summed E-state index contributed by atoms with van der Waals surface area (Å²) >= 11 is 1.39. The minimum Gasteiger partial charge on any atom is -0.493 e. The molecule has 6 heteroatoms. The van der Waals surface area contributed by atoms with Gasteiger partial charge in [-0.3, -0.25) is 4.79 Å². The molecule has 0 fully saturated rings. The molecular weight excluding hydrogens is 358 g/mol. The molecule has 0 aliphatic rings. The van der Waals surface area contributed by atoms with E-state index in [9.17, 15) is 4.79 Å². The van der Waals surface area contributed by atoms with E-state index in [2.05, 4.69) is 46.7 Å². The minimum atomic E-state index is -0.0470. The van der Waals surface area contributed by atoms with Crippen LogP contribution in [0.15, 0.2) is 48.5 Å². The van der Waals surface area contributed by atoms with Crippen LogP contribution in [0.25, 0.3) is 0 Å². The lowest BCUT2D eigenvalue weighted by Gasteiger charge is -2.05. The van der Waals surface area contributed by atoms with Gasteiger partial charge in [-0.1, -0.05) is 53.3 Å². The maximum absolute atomic E-state index is 12.1. The van der Waals surface area contributed by atoms with E-state index in [0.717, 1.165) is 16.3 Å². The first-order valence-corrected chi connectivity index (χ1v) is 9.77. The van der Waals surface area contributed by atoms with Gasteiger partial charge in [0, 0.05) is 12.8 Å². The van der Waals surface area contributed by atoms with E-state index in [1.54, 1.807) is 0 Å². The Hall–Kier alpha value is -2.73. The average molecular weight is 382 g/mol. The van der Waals surface area contributed by atoms with Crippen LogP contribution >= 0.6 is 11.3 Å². The second-order valence-electron chi connectivity index (χ2n) is 6.45. The van der Waals surface area contributed by atoms with Crippen molar-refractivity contribution in [2.45, 2.75) is 33.1 Å². The quantitative estimate of drug-likeness (QED) is 0.630. The number of carbonyl (C=O) groups is 1. The molecule has 1 amide bonds. The van der Waals surface area contributed by atoms with Crippen LogP contribution in [0.5, 0.6) is 5.75 Å². The van der Waals surface area contributed by atoms with Crippen LogP contribution in [0, 0.1) is 13.8 Å². The molecular formula is C21H23N3O2S. The van der Waals surface area contributed by atoms with Gasteiger partial charge in [-0.05, 0) is 43.5 Å². The van der Waals surface area contributed by atoms with Gasteiger partial charge in [-0.2, -0.15) is 0 Å². The summed E-state index contributed by atoms with van der Waals surface area (Å²) in [5.41, 5.74) is 3.54. The van der Waals surface area contributed by atoms with Crippen LogP contribution in [-0.2, 0) is 17.6 Å². The average Bonchev–Trinajstić information content (AvgIpc) is 3.08. The van der Waals surface area contributed by atoms with Gasteiger partial charge in [0.05, 0.1) is 6.61 Å². The number of hydrogen-bond donors (Lipinski definition) is 1. The Labute approximate surface area is 163 Å². The summed E-state index contributed by atoms with van der Waals surface area (Å²) in [4.78, 5) is 12.1. The number of nitrogens with zero attached hydrogens (tertiary/aromatic N) is 2. The van der Waals surface area contributed by atoms with Gasteiger partial charge in [-0.25, -0.2) is 0 Å². The van der Waals surface area contributed by atoms with E-state index < -0.39 is 0 Å². The summed E-state index contributed by atoms with van der Waals surface area (Å²) in [5.74, 6) is 0.804. The lowest BCUT2D eigenvalue weighted by atomic mass is 10.1. The van der Waals surface area contributed by atoms with E-state index in [1.165, 1.54) is 22.5 Å². The number of ether oxygens (including phenoxy) is 1. The van der Waals surface area contributed by atoms with Crippen LogP contribution in [0.4, 0.5) is 5.13 Å². The second-order valence-corrected chi connectivity index (χ2v) is 7.51. The predicted molar refractivity (Wildman–Crippen MR) is 108 cm³/mol. The first kappa shape index (κ1) is 19.0. The molecule has 27 heavy (non-hydrogen) atoms. The number of amides is 1. The third-order valence-corrected chi connectivity index (χ3v) is 4.95. The fourth-order valence-electron chi connectivity index (χ4n) is 2.56. The Bertz CT molecular complexity index is 890. The molecule has 1 N–H and O–H groups in total. The smallest absolute Gasteiger partial charge is 0.226 e. The fraction of sp³-hybridized carbons (Fsp3) is 0.286. The topological polar surface area (TPSA) is 64.1 Å². The first-order valence-electron chi connectivity index (χ1n) is 8.96. The van der Waals surface area contributed by atoms with Crippen LogP contribution in [0.2, 0.25) is 0 Å². The summed E-state index contributed by atoms with van der Waals surface area (Å²) in [6.07, 6.45) is 1.79. The van der Waals surface area contributed by atoms with Gasteiger partial charge < -0.3 is 10.1 Å². The molecule has 0 bridgehead atoms. The van der Waals surface area contributed by atoms with Crippen molar-refractivity contribution in [3.63, 3.8) is 0 Å². The molecule has 3 rings (SSSR count).